The summed E-state index contributed by atoms with van der Waals surface area (Å²) in [4.78, 5) is 18.2. The fourth-order valence-corrected chi connectivity index (χ4v) is 5.05. The van der Waals surface area contributed by atoms with Crippen molar-refractivity contribution in [1.82, 2.24) is 14.8 Å². The number of para-hydroxylation sites is 1. The molecule has 0 saturated carbocycles. The van der Waals surface area contributed by atoms with Gasteiger partial charge in [0, 0.05) is 15.2 Å². The molecule has 3 heterocycles. The number of aryl methyl sites for hydroxylation is 1. The Bertz CT molecular complexity index is 1110. The monoisotopic (exact) mass is 458 g/mol. The van der Waals surface area contributed by atoms with Gasteiger partial charge in [-0.25, -0.2) is 9.67 Å². The van der Waals surface area contributed by atoms with E-state index >= 15 is 0 Å². The molecule has 0 aliphatic heterocycles. The quantitative estimate of drug-likeness (QED) is 0.427. The van der Waals surface area contributed by atoms with E-state index in [2.05, 4.69) is 31.3 Å². The summed E-state index contributed by atoms with van der Waals surface area (Å²) in [5.41, 5.74) is 3.73. The molecule has 0 aliphatic rings. The normalized spacial score (nSPS) is 10.9. The first-order valence-electron chi connectivity index (χ1n) is 8.16. The fourth-order valence-electron chi connectivity index (χ4n) is 2.74. The Morgan fingerprint density at radius 1 is 1.15 bits per heavy atom. The third kappa shape index (κ3) is 3.60. The van der Waals surface area contributed by atoms with Gasteiger partial charge in [-0.3, -0.25) is 4.79 Å². The van der Waals surface area contributed by atoms with E-state index in [9.17, 15) is 4.79 Å². The third-order valence-electron chi connectivity index (χ3n) is 4.05. The number of nitrogens with one attached hydrogen (secondary N) is 1. The number of carbonyl (C=O) groups excluding carboxylic acids is 1. The van der Waals surface area contributed by atoms with Gasteiger partial charge in [0.05, 0.1) is 27.6 Å². The van der Waals surface area contributed by atoms with Crippen molar-refractivity contribution in [3.63, 3.8) is 0 Å². The molecule has 0 atom stereocenters. The molecule has 1 N–H and O–H groups in total. The molecule has 0 bridgehead atoms. The highest BCUT2D eigenvalue weighted by atomic mass is 79.9. The Hall–Kier alpha value is -2.29. The summed E-state index contributed by atoms with van der Waals surface area (Å²) in [6.45, 7) is 3.83. The zero-order valence-electron chi connectivity index (χ0n) is 14.6. The summed E-state index contributed by atoms with van der Waals surface area (Å²) in [7, 11) is 0. The zero-order valence-corrected chi connectivity index (χ0v) is 17.8. The van der Waals surface area contributed by atoms with Crippen LogP contribution in [0.15, 0.2) is 51.6 Å². The summed E-state index contributed by atoms with van der Waals surface area (Å²) >= 11 is 6.50. The van der Waals surface area contributed by atoms with Gasteiger partial charge >= 0.3 is 0 Å². The molecule has 8 heteroatoms. The number of hydrogen-bond donors (Lipinski definition) is 1. The average molecular weight is 459 g/mol. The maximum atomic E-state index is 12.7. The van der Waals surface area contributed by atoms with Crippen LogP contribution >= 0.6 is 38.6 Å². The van der Waals surface area contributed by atoms with Gasteiger partial charge in [-0.2, -0.15) is 5.10 Å². The minimum atomic E-state index is -0.230. The number of aromatic nitrogens is 3. The number of hydrogen-bond acceptors (Lipinski definition) is 5. The molecule has 1 amide bonds. The molecule has 0 radical (unpaired) electrons. The minimum Gasteiger partial charge on any atom is -0.317 e. The highest BCUT2D eigenvalue weighted by Crippen LogP contribution is 2.32. The molecule has 5 nitrogen and oxygen atoms in total. The smallest absolute Gasteiger partial charge is 0.275 e. The van der Waals surface area contributed by atoms with E-state index in [-0.39, 0.29) is 5.91 Å². The van der Waals surface area contributed by atoms with Crippen LogP contribution in [0.2, 0.25) is 0 Å². The molecule has 27 heavy (non-hydrogen) atoms. The molecule has 0 fully saturated rings. The molecule has 4 rings (SSSR count). The molecule has 0 spiro atoms. The second-order valence-corrected chi connectivity index (χ2v) is 8.60. The topological polar surface area (TPSA) is 59.8 Å². The lowest BCUT2D eigenvalue weighted by atomic mass is 10.3. The number of thiazole rings is 1. The van der Waals surface area contributed by atoms with Crippen LogP contribution in [-0.4, -0.2) is 20.7 Å². The lowest BCUT2D eigenvalue weighted by Crippen LogP contribution is -2.13. The van der Waals surface area contributed by atoms with Crippen molar-refractivity contribution in [2.24, 2.45) is 0 Å². The molecule has 136 valence electrons. The predicted octanol–water partition coefficient (Wildman–Crippen LogP) is 5.69. The highest BCUT2D eigenvalue weighted by molar-refractivity contribution is 9.10. The summed E-state index contributed by atoms with van der Waals surface area (Å²) < 4.78 is 2.85. The zero-order chi connectivity index (χ0) is 19.0. The van der Waals surface area contributed by atoms with Gasteiger partial charge in [0.1, 0.15) is 10.7 Å². The van der Waals surface area contributed by atoms with Crippen LogP contribution in [0, 0.1) is 13.8 Å². The number of carbonyl (C=O) groups is 1. The van der Waals surface area contributed by atoms with Crippen LogP contribution in [0.4, 0.5) is 5.69 Å². The number of nitrogens with zero attached hydrogens (tertiary/aromatic N) is 3. The van der Waals surface area contributed by atoms with Crippen LogP contribution in [-0.2, 0) is 0 Å². The van der Waals surface area contributed by atoms with E-state index in [1.54, 1.807) is 16.7 Å². The average Bonchev–Trinajstić information content (AvgIpc) is 3.38. The number of halogens is 1. The molecule has 3 aromatic heterocycles. The molecule has 0 aliphatic carbocycles. The second-order valence-electron chi connectivity index (χ2n) is 5.91. The van der Waals surface area contributed by atoms with E-state index in [1.165, 1.54) is 11.3 Å². The van der Waals surface area contributed by atoms with Gasteiger partial charge in [0.25, 0.3) is 5.91 Å². The largest absolute Gasteiger partial charge is 0.317 e. The van der Waals surface area contributed by atoms with Crippen molar-refractivity contribution in [2.75, 3.05) is 5.32 Å². The molecule has 1 aromatic carbocycles. The number of benzene rings is 1. The van der Waals surface area contributed by atoms with Crippen LogP contribution in [0.25, 0.3) is 15.6 Å². The van der Waals surface area contributed by atoms with Crippen molar-refractivity contribution in [2.45, 2.75) is 13.8 Å². The Morgan fingerprint density at radius 2 is 1.93 bits per heavy atom. The second kappa shape index (κ2) is 7.38. The van der Waals surface area contributed by atoms with Crippen molar-refractivity contribution in [3.05, 3.63) is 68.7 Å². The van der Waals surface area contributed by atoms with E-state index in [4.69, 9.17) is 0 Å². The molecule has 0 unspecified atom stereocenters. The number of rotatable bonds is 4. The summed E-state index contributed by atoms with van der Waals surface area (Å²) in [6, 6.07) is 11.9. The van der Waals surface area contributed by atoms with E-state index < -0.39 is 0 Å². The Kier molecular flexibility index (Phi) is 4.94. The summed E-state index contributed by atoms with van der Waals surface area (Å²) in [5, 5.41) is 12.2. The van der Waals surface area contributed by atoms with Crippen LogP contribution in [0.3, 0.4) is 0 Å². The van der Waals surface area contributed by atoms with Crippen molar-refractivity contribution in [3.8, 4) is 15.6 Å². The van der Waals surface area contributed by atoms with Crippen LogP contribution in [0.5, 0.6) is 0 Å². The Morgan fingerprint density at radius 3 is 2.63 bits per heavy atom. The lowest BCUT2D eigenvalue weighted by Gasteiger charge is -2.06. The van der Waals surface area contributed by atoms with Gasteiger partial charge < -0.3 is 5.32 Å². The van der Waals surface area contributed by atoms with Gasteiger partial charge in [-0.05, 0) is 48.0 Å². The first-order chi connectivity index (χ1) is 13.0. The van der Waals surface area contributed by atoms with Crippen molar-refractivity contribution >= 4 is 50.2 Å². The van der Waals surface area contributed by atoms with Gasteiger partial charge in [0.2, 0.25) is 0 Å². The molecular formula is C19H15BrN4OS2. The standard InChI is InChI=1S/C19H15BrN4OS2/c1-11-17(12(2)24(23-11)14-6-4-3-5-7-14)22-18(25)15-10-27-19(21-15)16-8-13(20)9-26-16/h3-10H,1-2H3,(H,22,25). The van der Waals surface area contributed by atoms with Crippen molar-refractivity contribution in [1.29, 1.82) is 0 Å². The van der Waals surface area contributed by atoms with E-state index in [1.807, 2.05) is 60.3 Å². The lowest BCUT2D eigenvalue weighted by molar-refractivity contribution is 0.102. The third-order valence-corrected chi connectivity index (χ3v) is 6.75. The summed E-state index contributed by atoms with van der Waals surface area (Å²) in [6.07, 6.45) is 0. The predicted molar refractivity (Wildman–Crippen MR) is 114 cm³/mol. The van der Waals surface area contributed by atoms with Crippen molar-refractivity contribution < 1.29 is 4.79 Å². The molecule has 4 aromatic rings. The van der Waals surface area contributed by atoms with Gasteiger partial charge in [0.15, 0.2) is 0 Å². The number of amides is 1. The minimum absolute atomic E-state index is 0.230. The maximum absolute atomic E-state index is 12.7. The highest BCUT2D eigenvalue weighted by Gasteiger charge is 2.18. The maximum Gasteiger partial charge on any atom is 0.275 e. The molecule has 0 saturated heterocycles. The van der Waals surface area contributed by atoms with Crippen LogP contribution in [0.1, 0.15) is 21.9 Å². The Balaban J connectivity index is 1.59. The molecular weight excluding hydrogens is 444 g/mol. The van der Waals surface area contributed by atoms with Crippen LogP contribution < -0.4 is 5.32 Å². The Labute approximate surface area is 172 Å². The van der Waals surface area contributed by atoms with Gasteiger partial charge in [-0.15, -0.1) is 22.7 Å². The fraction of sp³-hybridized carbons (Fsp3) is 0.105. The summed E-state index contributed by atoms with van der Waals surface area (Å²) in [5.74, 6) is -0.230. The first-order valence-corrected chi connectivity index (χ1v) is 10.7. The number of thiophene rings is 1. The first kappa shape index (κ1) is 18.1. The number of anilines is 1. The van der Waals surface area contributed by atoms with E-state index in [0.717, 1.165) is 37.1 Å². The van der Waals surface area contributed by atoms with Gasteiger partial charge in [-0.1, -0.05) is 18.2 Å². The SMILES string of the molecule is Cc1nn(-c2ccccc2)c(C)c1NC(=O)c1csc(-c2cc(Br)cs2)n1. The van der Waals surface area contributed by atoms with E-state index in [0.29, 0.717) is 5.69 Å².